The molecule has 0 bridgehead atoms. The van der Waals surface area contributed by atoms with E-state index in [1.165, 1.54) is 16.4 Å². The number of hydrogen-bond acceptors (Lipinski definition) is 8. The minimum Gasteiger partial charge on any atom is -0.467 e. The molecule has 1 fully saturated rings. The molecular formula is C23H25N3O7S. The van der Waals surface area contributed by atoms with Crippen molar-refractivity contribution >= 4 is 21.4 Å². The number of nitro groups is 1. The van der Waals surface area contributed by atoms with Gasteiger partial charge in [0.25, 0.3) is 5.69 Å². The first-order chi connectivity index (χ1) is 16.4. The second-order valence-electron chi connectivity index (χ2n) is 7.70. The van der Waals surface area contributed by atoms with Gasteiger partial charge in [0.2, 0.25) is 10.0 Å². The van der Waals surface area contributed by atoms with E-state index < -0.39 is 14.9 Å². The maximum Gasteiger partial charge on any atom is 0.270 e. The third-order valence-electron chi connectivity index (χ3n) is 5.33. The van der Waals surface area contributed by atoms with Crippen LogP contribution < -0.4 is 5.32 Å². The van der Waals surface area contributed by atoms with Crippen molar-refractivity contribution in [2.45, 2.75) is 24.7 Å². The van der Waals surface area contributed by atoms with Gasteiger partial charge in [-0.15, -0.1) is 0 Å². The van der Waals surface area contributed by atoms with Crippen LogP contribution >= 0.6 is 0 Å². The first kappa shape index (κ1) is 23.9. The Morgan fingerprint density at radius 1 is 1.03 bits per heavy atom. The van der Waals surface area contributed by atoms with Crippen molar-refractivity contribution in [1.82, 2.24) is 4.31 Å². The number of non-ortho nitro benzene ring substituents is 1. The van der Waals surface area contributed by atoms with Gasteiger partial charge in [-0.2, -0.15) is 4.31 Å². The molecule has 1 aliphatic rings. The lowest BCUT2D eigenvalue weighted by atomic mass is 10.1. The molecule has 11 heteroatoms. The smallest absolute Gasteiger partial charge is 0.270 e. The lowest BCUT2D eigenvalue weighted by Crippen LogP contribution is -2.40. The minimum atomic E-state index is -3.94. The molecule has 0 amide bonds. The molecule has 1 N–H and O–H groups in total. The van der Waals surface area contributed by atoms with Crippen molar-refractivity contribution in [2.75, 3.05) is 31.6 Å². The minimum absolute atomic E-state index is 0.124. The zero-order valence-electron chi connectivity index (χ0n) is 18.4. The van der Waals surface area contributed by atoms with E-state index in [2.05, 4.69) is 5.32 Å². The number of nitrogens with zero attached hydrogens (tertiary/aromatic N) is 2. The van der Waals surface area contributed by atoms with Gasteiger partial charge >= 0.3 is 0 Å². The van der Waals surface area contributed by atoms with Crippen molar-refractivity contribution in [3.63, 3.8) is 0 Å². The molecule has 2 heterocycles. The molecule has 0 spiro atoms. The Balaban J connectivity index is 1.48. The molecule has 2 aromatic carbocycles. The van der Waals surface area contributed by atoms with Crippen molar-refractivity contribution in [2.24, 2.45) is 0 Å². The summed E-state index contributed by atoms with van der Waals surface area (Å²) < 4.78 is 44.0. The number of anilines is 1. The number of nitro benzene ring substituents is 1. The average Bonchev–Trinajstić information content (AvgIpc) is 3.37. The quantitative estimate of drug-likeness (QED) is 0.340. The second-order valence-corrected chi connectivity index (χ2v) is 9.61. The molecule has 1 aromatic heterocycles. The van der Waals surface area contributed by atoms with Gasteiger partial charge in [-0.25, -0.2) is 8.42 Å². The molecule has 1 aliphatic heterocycles. The maximum atomic E-state index is 13.2. The van der Waals surface area contributed by atoms with E-state index in [0.29, 0.717) is 25.4 Å². The highest BCUT2D eigenvalue weighted by atomic mass is 32.2. The van der Waals surface area contributed by atoms with Crippen LogP contribution in [0.25, 0.3) is 0 Å². The fourth-order valence-corrected chi connectivity index (χ4v) is 5.20. The summed E-state index contributed by atoms with van der Waals surface area (Å²) in [6, 6.07) is 15.2. The summed E-state index contributed by atoms with van der Waals surface area (Å²) in [6.45, 7) is 2.05. The van der Waals surface area contributed by atoms with E-state index in [9.17, 15) is 18.5 Å². The van der Waals surface area contributed by atoms with E-state index >= 15 is 0 Å². The summed E-state index contributed by atoms with van der Waals surface area (Å²) in [5.41, 5.74) is 1.88. The van der Waals surface area contributed by atoms with Crippen molar-refractivity contribution < 1.29 is 27.2 Å². The molecular weight excluding hydrogens is 462 g/mol. The van der Waals surface area contributed by atoms with Crippen LogP contribution in [0.2, 0.25) is 0 Å². The molecule has 4 rings (SSSR count). The Bertz CT molecular complexity index is 1220. The third-order valence-corrected chi connectivity index (χ3v) is 7.27. The number of furan rings is 1. The van der Waals surface area contributed by atoms with Gasteiger partial charge in [0, 0.05) is 31.8 Å². The molecule has 0 radical (unpaired) electrons. The summed E-state index contributed by atoms with van der Waals surface area (Å²) >= 11 is 0. The zero-order chi connectivity index (χ0) is 24.0. The van der Waals surface area contributed by atoms with Crippen molar-refractivity contribution in [3.05, 3.63) is 87.9 Å². The first-order valence-electron chi connectivity index (χ1n) is 10.7. The van der Waals surface area contributed by atoms with Crippen LogP contribution in [0.5, 0.6) is 0 Å². The largest absolute Gasteiger partial charge is 0.467 e. The van der Waals surface area contributed by atoms with Gasteiger partial charge in [0.05, 0.1) is 36.7 Å². The van der Waals surface area contributed by atoms with Crippen LogP contribution in [-0.2, 0) is 39.3 Å². The van der Waals surface area contributed by atoms with Crippen molar-refractivity contribution in [3.8, 4) is 0 Å². The van der Waals surface area contributed by atoms with Gasteiger partial charge in [0.1, 0.15) is 17.3 Å². The lowest BCUT2D eigenvalue weighted by Gasteiger charge is -2.27. The molecule has 0 unspecified atom stereocenters. The normalized spacial score (nSPS) is 14.7. The summed E-state index contributed by atoms with van der Waals surface area (Å²) in [5.74, 6) is 0.741. The van der Waals surface area contributed by atoms with E-state index in [1.54, 1.807) is 12.3 Å². The Hall–Kier alpha value is -3.25. The van der Waals surface area contributed by atoms with E-state index in [0.717, 1.165) is 23.0 Å². The molecule has 1 saturated heterocycles. The number of ether oxygens (including phenoxy) is 2. The van der Waals surface area contributed by atoms with Gasteiger partial charge in [-0.1, -0.05) is 24.3 Å². The number of hydrogen-bond donors (Lipinski definition) is 1. The number of morpholine rings is 1. The number of nitrogens with one attached hydrogen (secondary N) is 1. The number of benzene rings is 2. The Morgan fingerprint density at radius 2 is 1.82 bits per heavy atom. The monoisotopic (exact) mass is 487 g/mol. The highest BCUT2D eigenvalue weighted by Crippen LogP contribution is 2.30. The van der Waals surface area contributed by atoms with Crippen LogP contribution in [-0.4, -0.2) is 43.9 Å². The molecule has 0 atom stereocenters. The number of rotatable bonds is 10. The SMILES string of the molecule is O=[N+]([O-])c1ccc(NCc2cccc(COCc3ccco3)c2)c(S(=O)(=O)N2CCOCC2)c1. The van der Waals surface area contributed by atoms with E-state index in [-0.39, 0.29) is 36.9 Å². The highest BCUT2D eigenvalue weighted by Gasteiger charge is 2.30. The van der Waals surface area contributed by atoms with E-state index in [1.807, 2.05) is 30.3 Å². The van der Waals surface area contributed by atoms with Gasteiger partial charge < -0.3 is 19.2 Å². The van der Waals surface area contributed by atoms with Gasteiger partial charge in [-0.05, 0) is 29.3 Å². The fourth-order valence-electron chi connectivity index (χ4n) is 3.60. The molecule has 34 heavy (non-hydrogen) atoms. The summed E-state index contributed by atoms with van der Waals surface area (Å²) in [7, 11) is -3.94. The molecule has 3 aromatic rings. The molecule has 10 nitrogen and oxygen atoms in total. The van der Waals surface area contributed by atoms with Crippen LogP contribution in [0.4, 0.5) is 11.4 Å². The fraction of sp³-hybridized carbons (Fsp3) is 0.304. The average molecular weight is 488 g/mol. The van der Waals surface area contributed by atoms with Crippen molar-refractivity contribution in [1.29, 1.82) is 0 Å². The molecule has 0 aliphatic carbocycles. The van der Waals surface area contributed by atoms with Gasteiger partial charge in [-0.3, -0.25) is 10.1 Å². The summed E-state index contributed by atoms with van der Waals surface area (Å²) in [6.07, 6.45) is 1.59. The lowest BCUT2D eigenvalue weighted by molar-refractivity contribution is -0.385. The van der Waals surface area contributed by atoms with Crippen LogP contribution in [0.15, 0.2) is 70.2 Å². The zero-order valence-corrected chi connectivity index (χ0v) is 19.2. The van der Waals surface area contributed by atoms with E-state index in [4.69, 9.17) is 13.9 Å². The first-order valence-corrected chi connectivity index (χ1v) is 12.2. The predicted molar refractivity (Wildman–Crippen MR) is 124 cm³/mol. The van der Waals surface area contributed by atoms with Crippen LogP contribution in [0, 0.1) is 10.1 Å². The maximum absolute atomic E-state index is 13.2. The standard InChI is InChI=1S/C23H25N3O7S/c27-26(28)20-6-7-22(23(14-20)34(29,30)25-8-11-31-12-9-25)24-15-18-3-1-4-19(13-18)16-32-17-21-5-2-10-33-21/h1-7,10,13-14,24H,8-9,11-12,15-17H2. The Morgan fingerprint density at radius 3 is 2.56 bits per heavy atom. The topological polar surface area (TPSA) is 124 Å². The summed E-state index contributed by atoms with van der Waals surface area (Å²) in [5, 5.41) is 14.4. The second kappa shape index (κ2) is 10.8. The predicted octanol–water partition coefficient (Wildman–Crippen LogP) is 3.54. The number of sulfonamides is 1. The third kappa shape index (κ3) is 5.81. The molecule has 180 valence electrons. The highest BCUT2D eigenvalue weighted by molar-refractivity contribution is 7.89. The Labute approximate surface area is 197 Å². The Kier molecular flexibility index (Phi) is 7.58. The molecule has 0 saturated carbocycles. The van der Waals surface area contributed by atoms with Gasteiger partial charge in [0.15, 0.2) is 0 Å². The summed E-state index contributed by atoms with van der Waals surface area (Å²) in [4.78, 5) is 10.6. The van der Waals surface area contributed by atoms with Crippen LogP contribution in [0.3, 0.4) is 0 Å². The van der Waals surface area contributed by atoms with Crippen LogP contribution in [0.1, 0.15) is 16.9 Å².